The minimum atomic E-state index is -3.53. The van der Waals surface area contributed by atoms with E-state index in [-0.39, 0.29) is 37.7 Å². The molecule has 10 heteroatoms. The van der Waals surface area contributed by atoms with Gasteiger partial charge in [-0.2, -0.15) is 0 Å². The molecule has 0 radical (unpaired) electrons. The van der Waals surface area contributed by atoms with E-state index in [0.717, 1.165) is 12.7 Å². The molecule has 0 fully saturated rings. The summed E-state index contributed by atoms with van der Waals surface area (Å²) in [6, 6.07) is 13.0. The number of nitrogens with one attached hydrogen (secondary N) is 1. The standard InChI is InChI=1S/C24H31Cl2N3O4S/c1-4-15-27-24(31)18(2)28(17-20-21(25)12-8-13-22(20)26)23(30)14-9-16-29(34(3,32)33)19-10-6-5-7-11-19/h5-8,10-13,18H,4,9,14-17H2,1-3H3,(H,27,31). The van der Waals surface area contributed by atoms with Crippen LogP contribution in [0.4, 0.5) is 5.69 Å². The number of amides is 2. The third-order valence-electron chi connectivity index (χ3n) is 5.30. The second-order valence-electron chi connectivity index (χ2n) is 7.96. The van der Waals surface area contributed by atoms with Crippen molar-refractivity contribution in [3.05, 3.63) is 64.1 Å². The lowest BCUT2D eigenvalue weighted by atomic mass is 10.1. The average molecular weight is 529 g/mol. The third-order valence-corrected chi connectivity index (χ3v) is 7.21. The second-order valence-corrected chi connectivity index (χ2v) is 10.7. The van der Waals surface area contributed by atoms with Crippen LogP contribution in [0.3, 0.4) is 0 Å². The number of para-hydroxylation sites is 1. The van der Waals surface area contributed by atoms with E-state index in [1.807, 2.05) is 6.92 Å². The van der Waals surface area contributed by atoms with E-state index in [4.69, 9.17) is 23.2 Å². The predicted octanol–water partition coefficient (Wildman–Crippen LogP) is 4.48. The number of anilines is 1. The highest BCUT2D eigenvalue weighted by Crippen LogP contribution is 2.27. The lowest BCUT2D eigenvalue weighted by molar-refractivity contribution is -0.140. The Balaban J connectivity index is 2.19. The summed E-state index contributed by atoms with van der Waals surface area (Å²) in [5, 5.41) is 3.62. The number of sulfonamides is 1. The van der Waals surface area contributed by atoms with Gasteiger partial charge in [0.1, 0.15) is 6.04 Å². The summed E-state index contributed by atoms with van der Waals surface area (Å²) < 4.78 is 25.9. The molecule has 2 rings (SSSR count). The molecule has 0 aliphatic heterocycles. The SMILES string of the molecule is CCCNC(=O)C(C)N(Cc1c(Cl)cccc1Cl)C(=O)CCCN(c1ccccc1)S(C)(=O)=O. The van der Waals surface area contributed by atoms with E-state index in [9.17, 15) is 18.0 Å². The fourth-order valence-corrected chi connectivity index (χ4v) is 4.91. The van der Waals surface area contributed by atoms with Crippen molar-refractivity contribution >= 4 is 50.7 Å². The summed E-state index contributed by atoms with van der Waals surface area (Å²) in [5.74, 6) is -0.572. The van der Waals surface area contributed by atoms with Gasteiger partial charge in [-0.15, -0.1) is 0 Å². The van der Waals surface area contributed by atoms with Gasteiger partial charge in [-0.1, -0.05) is 54.4 Å². The van der Waals surface area contributed by atoms with Crippen LogP contribution in [0.5, 0.6) is 0 Å². The first-order valence-corrected chi connectivity index (χ1v) is 13.7. The Morgan fingerprint density at radius 1 is 1.03 bits per heavy atom. The zero-order chi connectivity index (χ0) is 25.3. The zero-order valence-corrected chi connectivity index (χ0v) is 22.0. The lowest BCUT2D eigenvalue weighted by Crippen LogP contribution is -2.48. The van der Waals surface area contributed by atoms with Gasteiger partial charge in [0, 0.05) is 41.7 Å². The average Bonchev–Trinajstić information content (AvgIpc) is 2.79. The van der Waals surface area contributed by atoms with Crippen molar-refractivity contribution in [3.8, 4) is 0 Å². The van der Waals surface area contributed by atoms with Gasteiger partial charge in [-0.05, 0) is 44.0 Å². The van der Waals surface area contributed by atoms with Crippen LogP contribution in [0, 0.1) is 0 Å². The van der Waals surface area contributed by atoms with Crippen molar-refractivity contribution in [2.24, 2.45) is 0 Å². The van der Waals surface area contributed by atoms with Crippen LogP contribution in [0.15, 0.2) is 48.5 Å². The number of hydrogen-bond donors (Lipinski definition) is 1. The van der Waals surface area contributed by atoms with E-state index >= 15 is 0 Å². The van der Waals surface area contributed by atoms with Gasteiger partial charge in [-0.25, -0.2) is 8.42 Å². The molecule has 1 N–H and O–H groups in total. The number of hydrogen-bond acceptors (Lipinski definition) is 4. The number of rotatable bonds is 12. The molecular formula is C24H31Cl2N3O4S. The smallest absolute Gasteiger partial charge is 0.242 e. The molecule has 0 bridgehead atoms. The summed E-state index contributed by atoms with van der Waals surface area (Å²) in [6.45, 7) is 4.29. The molecule has 0 spiro atoms. The van der Waals surface area contributed by atoms with Crippen LogP contribution in [0.1, 0.15) is 38.7 Å². The molecule has 0 saturated carbocycles. The Morgan fingerprint density at radius 2 is 1.65 bits per heavy atom. The number of benzene rings is 2. The summed E-state index contributed by atoms with van der Waals surface area (Å²) in [5.41, 5.74) is 1.08. The normalized spacial score (nSPS) is 12.1. The Bertz CT molecular complexity index is 1060. The molecule has 2 aromatic carbocycles. The summed E-state index contributed by atoms with van der Waals surface area (Å²) in [4.78, 5) is 27.3. The third kappa shape index (κ3) is 7.89. The maximum absolute atomic E-state index is 13.2. The van der Waals surface area contributed by atoms with Crippen molar-refractivity contribution in [2.75, 3.05) is 23.7 Å². The van der Waals surface area contributed by atoms with Gasteiger partial charge >= 0.3 is 0 Å². The summed E-state index contributed by atoms with van der Waals surface area (Å²) in [7, 11) is -3.53. The fraction of sp³-hybridized carbons (Fsp3) is 0.417. The van der Waals surface area contributed by atoms with Gasteiger partial charge in [0.2, 0.25) is 21.8 Å². The highest BCUT2D eigenvalue weighted by Gasteiger charge is 2.27. The molecule has 7 nitrogen and oxygen atoms in total. The molecule has 0 saturated heterocycles. The molecule has 2 aromatic rings. The highest BCUT2D eigenvalue weighted by molar-refractivity contribution is 7.92. The van der Waals surface area contributed by atoms with Crippen molar-refractivity contribution in [2.45, 2.75) is 45.7 Å². The Morgan fingerprint density at radius 3 is 2.21 bits per heavy atom. The molecule has 0 heterocycles. The second kappa shape index (κ2) is 13.0. The van der Waals surface area contributed by atoms with Crippen molar-refractivity contribution in [3.63, 3.8) is 0 Å². The maximum atomic E-state index is 13.2. The lowest BCUT2D eigenvalue weighted by Gasteiger charge is -2.30. The Kier molecular flexibility index (Phi) is 10.7. The van der Waals surface area contributed by atoms with Crippen LogP contribution in [0.2, 0.25) is 10.0 Å². The molecule has 2 amide bonds. The molecule has 1 atom stereocenters. The molecule has 0 aliphatic carbocycles. The maximum Gasteiger partial charge on any atom is 0.242 e. The van der Waals surface area contributed by atoms with E-state index in [0.29, 0.717) is 27.8 Å². The van der Waals surface area contributed by atoms with E-state index in [1.165, 1.54) is 9.21 Å². The monoisotopic (exact) mass is 527 g/mol. The Labute approximate surface area is 212 Å². The van der Waals surface area contributed by atoms with E-state index < -0.39 is 16.1 Å². The molecule has 34 heavy (non-hydrogen) atoms. The van der Waals surface area contributed by atoms with Crippen LogP contribution < -0.4 is 9.62 Å². The van der Waals surface area contributed by atoms with Gasteiger partial charge in [0.05, 0.1) is 11.9 Å². The molecule has 186 valence electrons. The van der Waals surface area contributed by atoms with Gasteiger partial charge < -0.3 is 10.2 Å². The van der Waals surface area contributed by atoms with Crippen LogP contribution in [-0.4, -0.2) is 50.5 Å². The van der Waals surface area contributed by atoms with Gasteiger partial charge in [-0.3, -0.25) is 13.9 Å². The first-order valence-electron chi connectivity index (χ1n) is 11.1. The zero-order valence-electron chi connectivity index (χ0n) is 19.6. The largest absolute Gasteiger partial charge is 0.354 e. The fourth-order valence-electron chi connectivity index (χ4n) is 3.43. The van der Waals surface area contributed by atoms with Crippen LogP contribution >= 0.6 is 23.2 Å². The van der Waals surface area contributed by atoms with Crippen molar-refractivity contribution in [1.29, 1.82) is 0 Å². The van der Waals surface area contributed by atoms with E-state index in [1.54, 1.807) is 55.5 Å². The molecule has 0 aliphatic rings. The topological polar surface area (TPSA) is 86.8 Å². The van der Waals surface area contributed by atoms with Crippen molar-refractivity contribution in [1.82, 2.24) is 10.2 Å². The van der Waals surface area contributed by atoms with Gasteiger partial charge in [0.15, 0.2) is 0 Å². The molecule has 0 aromatic heterocycles. The minimum Gasteiger partial charge on any atom is -0.354 e. The summed E-state index contributed by atoms with van der Waals surface area (Å²) in [6.07, 6.45) is 2.22. The highest BCUT2D eigenvalue weighted by atomic mass is 35.5. The first kappa shape index (κ1) is 28.0. The quantitative estimate of drug-likeness (QED) is 0.440. The van der Waals surface area contributed by atoms with Gasteiger partial charge in [0.25, 0.3) is 0 Å². The number of halogens is 2. The molecule has 1 unspecified atom stereocenters. The number of carbonyl (C=O) groups excluding carboxylic acids is 2. The predicted molar refractivity (Wildman–Crippen MR) is 138 cm³/mol. The van der Waals surface area contributed by atoms with E-state index in [2.05, 4.69) is 5.32 Å². The minimum absolute atomic E-state index is 0.0479. The number of carbonyl (C=O) groups is 2. The van der Waals surface area contributed by atoms with Crippen LogP contribution in [0.25, 0.3) is 0 Å². The Hall–Kier alpha value is -2.29. The van der Waals surface area contributed by atoms with Crippen LogP contribution in [-0.2, 0) is 26.2 Å². The van der Waals surface area contributed by atoms with Crippen molar-refractivity contribution < 1.29 is 18.0 Å². The number of nitrogens with zero attached hydrogens (tertiary/aromatic N) is 2. The molecular weight excluding hydrogens is 497 g/mol. The summed E-state index contributed by atoms with van der Waals surface area (Å²) >= 11 is 12.6. The first-order chi connectivity index (χ1) is 16.1.